The van der Waals surface area contributed by atoms with Gasteiger partial charge in [-0.15, -0.1) is 0 Å². The molecular formula is C47H91N3O3. The molecule has 0 bridgehead atoms. The zero-order valence-electron chi connectivity index (χ0n) is 36.1. The average molecular weight is 746 g/mol. The third kappa shape index (κ3) is 30.5. The van der Waals surface area contributed by atoms with Gasteiger partial charge in [-0.3, -0.25) is 4.79 Å². The first-order valence-corrected chi connectivity index (χ1v) is 23.6. The molecule has 53 heavy (non-hydrogen) atoms. The Labute approximate surface area is 330 Å². The van der Waals surface area contributed by atoms with Gasteiger partial charge in [0.2, 0.25) is 0 Å². The molecule has 1 rings (SSSR count). The Kier molecular flexibility index (Phi) is 35.1. The number of carbonyl (C=O) groups excluding carboxylic acids is 1. The van der Waals surface area contributed by atoms with E-state index in [2.05, 4.69) is 48.3 Å². The van der Waals surface area contributed by atoms with Crippen LogP contribution in [0.5, 0.6) is 0 Å². The molecule has 1 N–H and O–H groups in total. The minimum Gasteiger partial charge on any atom is -0.462 e. The first-order chi connectivity index (χ1) is 26.0. The predicted octanol–water partition coefficient (Wildman–Crippen LogP) is 13.6. The van der Waals surface area contributed by atoms with Gasteiger partial charge in [0.15, 0.2) is 0 Å². The van der Waals surface area contributed by atoms with Crippen molar-refractivity contribution in [3.05, 3.63) is 18.2 Å². The number of aryl methyl sites for hydroxylation is 2. The van der Waals surface area contributed by atoms with Gasteiger partial charge >= 0.3 is 5.97 Å². The fraction of sp³-hybridized carbons (Fsp3) is 0.915. The van der Waals surface area contributed by atoms with Gasteiger partial charge < -0.3 is 19.3 Å². The summed E-state index contributed by atoms with van der Waals surface area (Å²) in [6, 6.07) is 0. The van der Waals surface area contributed by atoms with Crippen LogP contribution in [0.3, 0.4) is 0 Å². The number of nitrogens with zero attached hydrogens (tertiary/aromatic N) is 3. The maximum Gasteiger partial charge on any atom is 0.306 e. The Bertz CT molecular complexity index is 889. The highest BCUT2D eigenvalue weighted by Gasteiger charge is 2.15. The smallest absolute Gasteiger partial charge is 0.306 e. The topological polar surface area (TPSA) is 67.6 Å². The summed E-state index contributed by atoms with van der Waals surface area (Å²) in [6.45, 7) is 12.8. The van der Waals surface area contributed by atoms with Crippen LogP contribution in [-0.2, 0) is 22.5 Å². The standard InChI is InChI=1S/C47H91N3O3/c1-5-9-12-15-18-19-20-21-23-28-34-44(51)43-49(40-33-41-50-42-38-48-46(50)8-4)39-32-27-22-26-31-37-47(52)53-45(35-29-24-16-13-10-6-2)36-30-25-17-14-11-7-3/h38,42,44-45,51H,5-37,39-41,43H2,1-4H3. The number of carbonyl (C=O) groups is 1. The van der Waals surface area contributed by atoms with Crippen molar-refractivity contribution in [2.24, 2.45) is 0 Å². The molecule has 0 amide bonds. The molecular weight excluding hydrogens is 655 g/mol. The summed E-state index contributed by atoms with van der Waals surface area (Å²) in [5.74, 6) is 1.19. The quantitative estimate of drug-likeness (QED) is 0.0534. The van der Waals surface area contributed by atoms with Crippen LogP contribution in [0.15, 0.2) is 12.4 Å². The van der Waals surface area contributed by atoms with Crippen molar-refractivity contribution in [3.8, 4) is 0 Å². The summed E-state index contributed by atoms with van der Waals surface area (Å²) in [4.78, 5) is 19.8. The highest BCUT2D eigenvalue weighted by molar-refractivity contribution is 5.69. The summed E-state index contributed by atoms with van der Waals surface area (Å²) < 4.78 is 8.36. The fourth-order valence-electron chi connectivity index (χ4n) is 7.82. The minimum absolute atomic E-state index is 0.0265. The SMILES string of the molecule is CCCCCCCCCCCCC(O)CN(CCCCCCCC(=O)OC(CCCCCCCC)CCCCCCCC)CCCn1ccnc1CC. The average Bonchev–Trinajstić information content (AvgIpc) is 3.62. The number of hydrogen-bond acceptors (Lipinski definition) is 5. The second kappa shape index (κ2) is 37.5. The van der Waals surface area contributed by atoms with Gasteiger partial charge in [0, 0.05) is 38.3 Å². The van der Waals surface area contributed by atoms with E-state index in [0.717, 1.165) is 96.2 Å². The third-order valence-electron chi connectivity index (χ3n) is 11.3. The molecule has 0 aromatic carbocycles. The molecule has 1 aromatic heterocycles. The zero-order valence-corrected chi connectivity index (χ0v) is 36.1. The van der Waals surface area contributed by atoms with Crippen LogP contribution in [0.1, 0.15) is 239 Å². The lowest BCUT2D eigenvalue weighted by molar-refractivity contribution is -0.150. The Morgan fingerprint density at radius 2 is 1.08 bits per heavy atom. The van der Waals surface area contributed by atoms with Crippen LogP contribution in [0.2, 0.25) is 0 Å². The van der Waals surface area contributed by atoms with Crippen LogP contribution in [0.4, 0.5) is 0 Å². The number of aliphatic hydroxyl groups excluding tert-OH is 1. The monoisotopic (exact) mass is 746 g/mol. The number of imidazole rings is 1. The zero-order chi connectivity index (χ0) is 38.5. The second-order valence-corrected chi connectivity index (χ2v) is 16.4. The molecule has 0 fully saturated rings. The normalized spacial score (nSPS) is 12.4. The van der Waals surface area contributed by atoms with E-state index in [1.807, 2.05) is 6.20 Å². The van der Waals surface area contributed by atoms with Crippen LogP contribution >= 0.6 is 0 Å². The Morgan fingerprint density at radius 1 is 0.623 bits per heavy atom. The molecule has 0 saturated carbocycles. The van der Waals surface area contributed by atoms with Crippen molar-refractivity contribution in [1.82, 2.24) is 14.5 Å². The molecule has 1 unspecified atom stereocenters. The molecule has 312 valence electrons. The van der Waals surface area contributed by atoms with Gasteiger partial charge in [0.05, 0.1) is 6.10 Å². The van der Waals surface area contributed by atoms with Crippen molar-refractivity contribution in [3.63, 3.8) is 0 Å². The van der Waals surface area contributed by atoms with Crippen LogP contribution in [-0.4, -0.2) is 57.4 Å². The molecule has 6 nitrogen and oxygen atoms in total. The summed E-state index contributed by atoms with van der Waals surface area (Å²) in [6.07, 6.45) is 43.8. The Morgan fingerprint density at radius 3 is 1.60 bits per heavy atom. The van der Waals surface area contributed by atoms with E-state index < -0.39 is 0 Å². The van der Waals surface area contributed by atoms with E-state index in [0.29, 0.717) is 6.42 Å². The molecule has 1 atom stereocenters. The van der Waals surface area contributed by atoms with Crippen molar-refractivity contribution >= 4 is 5.97 Å². The van der Waals surface area contributed by atoms with Crippen molar-refractivity contribution in [2.45, 2.75) is 258 Å². The summed E-state index contributed by atoms with van der Waals surface area (Å²) in [7, 11) is 0. The Hall–Kier alpha value is -1.40. The second-order valence-electron chi connectivity index (χ2n) is 16.4. The van der Waals surface area contributed by atoms with Gasteiger partial charge in [0.1, 0.15) is 11.9 Å². The third-order valence-corrected chi connectivity index (χ3v) is 11.3. The fourth-order valence-corrected chi connectivity index (χ4v) is 7.82. The molecule has 0 spiro atoms. The Balaban J connectivity index is 2.37. The number of ether oxygens (including phenoxy) is 1. The van der Waals surface area contributed by atoms with Gasteiger partial charge in [-0.05, 0) is 64.5 Å². The molecule has 6 heteroatoms. The van der Waals surface area contributed by atoms with E-state index >= 15 is 0 Å². The highest BCUT2D eigenvalue weighted by Crippen LogP contribution is 2.19. The summed E-state index contributed by atoms with van der Waals surface area (Å²) in [5, 5.41) is 11.0. The van der Waals surface area contributed by atoms with Gasteiger partial charge in [0.25, 0.3) is 0 Å². The lowest BCUT2D eigenvalue weighted by atomic mass is 10.0. The highest BCUT2D eigenvalue weighted by atomic mass is 16.5. The molecule has 1 heterocycles. The number of unbranched alkanes of at least 4 members (excludes halogenated alkanes) is 23. The summed E-state index contributed by atoms with van der Waals surface area (Å²) >= 11 is 0. The molecule has 0 saturated heterocycles. The largest absolute Gasteiger partial charge is 0.462 e. The van der Waals surface area contributed by atoms with Crippen molar-refractivity contribution < 1.29 is 14.6 Å². The molecule has 0 aliphatic rings. The predicted molar refractivity (Wildman–Crippen MR) is 229 cm³/mol. The first-order valence-electron chi connectivity index (χ1n) is 23.6. The van der Waals surface area contributed by atoms with Crippen LogP contribution in [0.25, 0.3) is 0 Å². The lowest BCUT2D eigenvalue weighted by Crippen LogP contribution is -2.34. The molecule has 1 aromatic rings. The number of aromatic nitrogens is 2. The van der Waals surface area contributed by atoms with Crippen LogP contribution < -0.4 is 0 Å². The minimum atomic E-state index is -0.236. The molecule has 0 radical (unpaired) electrons. The molecule has 0 aliphatic carbocycles. The first kappa shape index (κ1) is 49.6. The molecule has 0 aliphatic heterocycles. The number of rotatable bonds is 41. The lowest BCUT2D eigenvalue weighted by Gasteiger charge is -2.25. The van der Waals surface area contributed by atoms with E-state index in [9.17, 15) is 9.90 Å². The van der Waals surface area contributed by atoms with Crippen LogP contribution in [0, 0.1) is 0 Å². The van der Waals surface area contributed by atoms with E-state index in [4.69, 9.17) is 4.74 Å². The maximum absolute atomic E-state index is 12.8. The van der Waals surface area contributed by atoms with Crippen molar-refractivity contribution in [2.75, 3.05) is 19.6 Å². The van der Waals surface area contributed by atoms with Gasteiger partial charge in [-0.2, -0.15) is 0 Å². The van der Waals surface area contributed by atoms with Crippen molar-refractivity contribution in [1.29, 1.82) is 0 Å². The number of esters is 1. The van der Waals surface area contributed by atoms with E-state index in [1.165, 1.54) is 141 Å². The number of hydrogen-bond donors (Lipinski definition) is 1. The maximum atomic E-state index is 12.8. The van der Waals surface area contributed by atoms with E-state index in [1.54, 1.807) is 0 Å². The van der Waals surface area contributed by atoms with E-state index in [-0.39, 0.29) is 18.2 Å². The van der Waals surface area contributed by atoms with Gasteiger partial charge in [-0.25, -0.2) is 4.98 Å². The summed E-state index contributed by atoms with van der Waals surface area (Å²) in [5.41, 5.74) is 0. The van der Waals surface area contributed by atoms with Gasteiger partial charge in [-0.1, -0.05) is 175 Å². The number of aliphatic hydroxyl groups is 1.